The Hall–Kier alpha value is -0.500. The molecule has 0 fully saturated rings. The number of pyridine rings is 1. The van der Waals surface area contributed by atoms with Crippen LogP contribution in [0, 0.1) is 0 Å². The standard InChI is InChI=1S/C10H15BrN2O3S/c1-2-9(5-6-14)13-17(15,16)10-4-3-8(11)7-12-10/h3-4,7,9,13-14H,2,5-6H2,1H3/t9-/m0/s1. The summed E-state index contributed by atoms with van der Waals surface area (Å²) in [7, 11) is -3.60. The fraction of sp³-hybridized carbons (Fsp3) is 0.500. The SMILES string of the molecule is CC[C@@H](CCO)NS(=O)(=O)c1ccc(Br)cn1. The average molecular weight is 323 g/mol. The lowest BCUT2D eigenvalue weighted by Crippen LogP contribution is -2.35. The number of sulfonamides is 1. The molecule has 0 aliphatic heterocycles. The maximum absolute atomic E-state index is 11.9. The lowest BCUT2D eigenvalue weighted by molar-refractivity contribution is 0.270. The molecule has 96 valence electrons. The van der Waals surface area contributed by atoms with E-state index in [1.54, 1.807) is 6.07 Å². The van der Waals surface area contributed by atoms with Crippen LogP contribution in [-0.2, 0) is 10.0 Å². The molecule has 0 spiro atoms. The maximum Gasteiger partial charge on any atom is 0.258 e. The zero-order chi connectivity index (χ0) is 12.9. The van der Waals surface area contributed by atoms with Gasteiger partial charge >= 0.3 is 0 Å². The van der Waals surface area contributed by atoms with E-state index in [1.165, 1.54) is 12.3 Å². The summed E-state index contributed by atoms with van der Waals surface area (Å²) in [6.45, 7) is 1.81. The van der Waals surface area contributed by atoms with E-state index in [0.29, 0.717) is 12.8 Å². The molecule has 0 saturated heterocycles. The van der Waals surface area contributed by atoms with Crippen molar-refractivity contribution in [1.29, 1.82) is 0 Å². The number of nitrogens with one attached hydrogen (secondary N) is 1. The molecule has 0 amide bonds. The van der Waals surface area contributed by atoms with Crippen LogP contribution in [0.15, 0.2) is 27.8 Å². The fourth-order valence-electron chi connectivity index (χ4n) is 1.30. The molecule has 17 heavy (non-hydrogen) atoms. The summed E-state index contributed by atoms with van der Waals surface area (Å²) in [6.07, 6.45) is 2.45. The van der Waals surface area contributed by atoms with Gasteiger partial charge in [-0.3, -0.25) is 0 Å². The molecule has 5 nitrogen and oxygen atoms in total. The summed E-state index contributed by atoms with van der Waals surface area (Å²) in [5.74, 6) is 0. The number of hydrogen-bond donors (Lipinski definition) is 2. The van der Waals surface area contributed by atoms with Crippen molar-refractivity contribution in [3.05, 3.63) is 22.8 Å². The summed E-state index contributed by atoms with van der Waals surface area (Å²) >= 11 is 3.19. The van der Waals surface area contributed by atoms with Gasteiger partial charge < -0.3 is 5.11 Å². The van der Waals surface area contributed by atoms with E-state index >= 15 is 0 Å². The van der Waals surface area contributed by atoms with Gasteiger partial charge in [0.2, 0.25) is 0 Å². The molecular formula is C10H15BrN2O3S. The van der Waals surface area contributed by atoms with Gasteiger partial charge in [-0.2, -0.15) is 0 Å². The van der Waals surface area contributed by atoms with Crippen molar-refractivity contribution in [3.8, 4) is 0 Å². The van der Waals surface area contributed by atoms with Crippen molar-refractivity contribution in [1.82, 2.24) is 9.71 Å². The first kappa shape index (κ1) is 14.6. The van der Waals surface area contributed by atoms with Crippen LogP contribution >= 0.6 is 15.9 Å². The van der Waals surface area contributed by atoms with E-state index < -0.39 is 10.0 Å². The molecule has 1 atom stereocenters. The molecule has 0 radical (unpaired) electrons. The smallest absolute Gasteiger partial charge is 0.258 e. The first-order valence-corrected chi connectivity index (χ1v) is 7.52. The van der Waals surface area contributed by atoms with Crippen molar-refractivity contribution >= 4 is 26.0 Å². The highest BCUT2D eigenvalue weighted by atomic mass is 79.9. The highest BCUT2D eigenvalue weighted by Crippen LogP contribution is 2.12. The Bertz CT molecular complexity index is 447. The number of aliphatic hydroxyl groups is 1. The summed E-state index contributed by atoms with van der Waals surface area (Å²) < 4.78 is 27.1. The van der Waals surface area contributed by atoms with E-state index in [9.17, 15) is 8.42 Å². The lowest BCUT2D eigenvalue weighted by Gasteiger charge is -2.15. The summed E-state index contributed by atoms with van der Waals surface area (Å²) in [6, 6.07) is 2.78. The van der Waals surface area contributed by atoms with Crippen molar-refractivity contribution in [3.63, 3.8) is 0 Å². The third-order valence-electron chi connectivity index (χ3n) is 2.27. The van der Waals surface area contributed by atoms with Crippen molar-refractivity contribution in [2.24, 2.45) is 0 Å². The number of halogens is 1. The Balaban J connectivity index is 2.84. The normalized spacial score (nSPS) is 13.6. The van der Waals surface area contributed by atoms with Gasteiger partial charge in [0.15, 0.2) is 5.03 Å². The summed E-state index contributed by atoms with van der Waals surface area (Å²) in [5.41, 5.74) is 0. The zero-order valence-electron chi connectivity index (χ0n) is 9.43. The van der Waals surface area contributed by atoms with Crippen molar-refractivity contribution in [2.45, 2.75) is 30.8 Å². The van der Waals surface area contributed by atoms with Crippen LogP contribution in [0.25, 0.3) is 0 Å². The molecule has 1 aromatic heterocycles. The van der Waals surface area contributed by atoms with E-state index in [-0.39, 0.29) is 17.7 Å². The third kappa shape index (κ3) is 4.34. The second-order valence-corrected chi connectivity index (χ2v) is 6.13. The minimum Gasteiger partial charge on any atom is -0.396 e. The summed E-state index contributed by atoms with van der Waals surface area (Å²) in [5, 5.41) is 8.80. The third-order valence-corrected chi connectivity index (χ3v) is 4.17. The van der Waals surface area contributed by atoms with E-state index in [1.807, 2.05) is 6.92 Å². The van der Waals surface area contributed by atoms with Gasteiger partial charge in [-0.25, -0.2) is 18.1 Å². The Morgan fingerprint density at radius 1 is 1.53 bits per heavy atom. The highest BCUT2D eigenvalue weighted by molar-refractivity contribution is 9.10. The van der Waals surface area contributed by atoms with Gasteiger partial charge in [0.25, 0.3) is 10.0 Å². The monoisotopic (exact) mass is 322 g/mol. The molecule has 0 bridgehead atoms. The molecule has 1 rings (SSSR count). The Morgan fingerprint density at radius 3 is 2.71 bits per heavy atom. The number of rotatable bonds is 6. The number of hydrogen-bond acceptors (Lipinski definition) is 4. The molecule has 7 heteroatoms. The van der Waals surface area contributed by atoms with Crippen molar-refractivity contribution < 1.29 is 13.5 Å². The Kier molecular flexibility index (Phi) is 5.51. The molecule has 1 heterocycles. The molecule has 0 aliphatic rings. The van der Waals surface area contributed by atoms with E-state index in [2.05, 4.69) is 25.6 Å². The topological polar surface area (TPSA) is 79.3 Å². The van der Waals surface area contributed by atoms with E-state index in [0.717, 1.165) is 4.47 Å². The van der Waals surface area contributed by atoms with Crippen LogP contribution in [0.2, 0.25) is 0 Å². The quantitative estimate of drug-likeness (QED) is 0.827. The number of nitrogens with zero attached hydrogens (tertiary/aromatic N) is 1. The predicted octanol–water partition coefficient (Wildman–Crippen LogP) is 1.28. The van der Waals surface area contributed by atoms with Gasteiger partial charge in [-0.15, -0.1) is 0 Å². The zero-order valence-corrected chi connectivity index (χ0v) is 11.8. The first-order valence-electron chi connectivity index (χ1n) is 5.24. The predicted molar refractivity (Wildman–Crippen MR) is 68.0 cm³/mol. The van der Waals surface area contributed by atoms with Gasteiger partial charge in [0, 0.05) is 23.3 Å². The molecule has 0 aliphatic carbocycles. The van der Waals surface area contributed by atoms with Crippen LogP contribution in [-0.4, -0.2) is 31.2 Å². The maximum atomic E-state index is 11.9. The van der Waals surface area contributed by atoms with Gasteiger partial charge in [-0.05, 0) is 40.9 Å². The van der Waals surface area contributed by atoms with Crippen LogP contribution in [0.3, 0.4) is 0 Å². The van der Waals surface area contributed by atoms with Gasteiger partial charge in [0.1, 0.15) is 0 Å². The summed E-state index contributed by atoms with van der Waals surface area (Å²) in [4.78, 5) is 3.84. The molecular weight excluding hydrogens is 308 g/mol. The second kappa shape index (κ2) is 6.44. The molecule has 0 aromatic carbocycles. The van der Waals surface area contributed by atoms with Crippen LogP contribution < -0.4 is 4.72 Å². The largest absolute Gasteiger partial charge is 0.396 e. The Morgan fingerprint density at radius 2 is 2.24 bits per heavy atom. The highest BCUT2D eigenvalue weighted by Gasteiger charge is 2.19. The van der Waals surface area contributed by atoms with Crippen LogP contribution in [0.5, 0.6) is 0 Å². The van der Waals surface area contributed by atoms with Crippen molar-refractivity contribution in [2.75, 3.05) is 6.61 Å². The van der Waals surface area contributed by atoms with Crippen LogP contribution in [0.4, 0.5) is 0 Å². The molecule has 0 saturated carbocycles. The van der Waals surface area contributed by atoms with Crippen LogP contribution in [0.1, 0.15) is 19.8 Å². The van der Waals surface area contributed by atoms with Gasteiger partial charge in [-0.1, -0.05) is 6.92 Å². The number of aliphatic hydroxyl groups excluding tert-OH is 1. The molecule has 1 aromatic rings. The Labute approximate surface area is 109 Å². The second-order valence-electron chi connectivity index (χ2n) is 3.55. The minimum atomic E-state index is -3.60. The molecule has 2 N–H and O–H groups in total. The first-order chi connectivity index (χ1) is 7.99. The molecule has 0 unspecified atom stereocenters. The fourth-order valence-corrected chi connectivity index (χ4v) is 2.82. The average Bonchev–Trinajstić information content (AvgIpc) is 2.28. The van der Waals surface area contributed by atoms with E-state index in [4.69, 9.17) is 5.11 Å². The van der Waals surface area contributed by atoms with Gasteiger partial charge in [0.05, 0.1) is 0 Å². The minimum absolute atomic E-state index is 0.0166. The number of aromatic nitrogens is 1. The lowest BCUT2D eigenvalue weighted by atomic mass is 10.2.